The second-order valence-electron chi connectivity index (χ2n) is 3.31. The lowest BCUT2D eigenvalue weighted by Crippen LogP contribution is -1.85. The minimum absolute atomic E-state index is 1.12. The van der Waals surface area contributed by atoms with Crippen LogP contribution >= 0.6 is 11.3 Å². The van der Waals surface area contributed by atoms with Gasteiger partial charge in [-0.15, -0.1) is 11.3 Å². The van der Waals surface area contributed by atoms with E-state index >= 15 is 0 Å². The maximum Gasteiger partial charge on any atom is 0.0358 e. The average molecular weight is 203 g/mol. The standard InChI is InChI=1S/C12H13NS/c1-2-4-10-7-11(9-13-8-10)12-5-3-6-14-12/h3,5-9H,2,4H2,1H3. The van der Waals surface area contributed by atoms with Crippen LogP contribution in [-0.4, -0.2) is 4.98 Å². The van der Waals surface area contributed by atoms with E-state index in [0.717, 1.165) is 6.42 Å². The summed E-state index contributed by atoms with van der Waals surface area (Å²) >= 11 is 1.76. The molecule has 2 heteroatoms. The number of aromatic nitrogens is 1. The molecule has 0 fully saturated rings. The quantitative estimate of drug-likeness (QED) is 0.740. The predicted octanol–water partition coefficient (Wildman–Crippen LogP) is 3.76. The first-order valence-corrected chi connectivity index (χ1v) is 5.76. The van der Waals surface area contributed by atoms with Gasteiger partial charge in [0.25, 0.3) is 0 Å². The normalized spacial score (nSPS) is 10.4. The van der Waals surface area contributed by atoms with Crippen LogP contribution in [0.5, 0.6) is 0 Å². The summed E-state index contributed by atoms with van der Waals surface area (Å²) in [6.45, 7) is 2.19. The number of hydrogen-bond donors (Lipinski definition) is 0. The van der Waals surface area contributed by atoms with Crippen molar-refractivity contribution in [2.45, 2.75) is 19.8 Å². The van der Waals surface area contributed by atoms with Gasteiger partial charge in [0.2, 0.25) is 0 Å². The fraction of sp³-hybridized carbons (Fsp3) is 0.250. The van der Waals surface area contributed by atoms with Crippen LogP contribution < -0.4 is 0 Å². The lowest BCUT2D eigenvalue weighted by atomic mass is 10.1. The van der Waals surface area contributed by atoms with E-state index in [2.05, 4.69) is 35.5 Å². The van der Waals surface area contributed by atoms with Crippen molar-refractivity contribution < 1.29 is 0 Å². The fourth-order valence-corrected chi connectivity index (χ4v) is 2.20. The Balaban J connectivity index is 2.31. The molecule has 0 saturated carbocycles. The minimum atomic E-state index is 1.12. The van der Waals surface area contributed by atoms with Crippen molar-refractivity contribution in [2.24, 2.45) is 0 Å². The molecule has 0 radical (unpaired) electrons. The zero-order valence-electron chi connectivity index (χ0n) is 8.23. The summed E-state index contributed by atoms with van der Waals surface area (Å²) in [4.78, 5) is 5.57. The minimum Gasteiger partial charge on any atom is -0.264 e. The lowest BCUT2D eigenvalue weighted by Gasteiger charge is -2.00. The van der Waals surface area contributed by atoms with Crippen molar-refractivity contribution in [3.63, 3.8) is 0 Å². The van der Waals surface area contributed by atoms with E-state index < -0.39 is 0 Å². The van der Waals surface area contributed by atoms with Crippen molar-refractivity contribution >= 4 is 11.3 Å². The van der Waals surface area contributed by atoms with Crippen LogP contribution in [-0.2, 0) is 6.42 Å². The summed E-state index contributed by atoms with van der Waals surface area (Å²) in [5.74, 6) is 0. The first kappa shape index (κ1) is 9.41. The molecule has 2 aromatic rings. The van der Waals surface area contributed by atoms with Crippen LogP contribution in [0.1, 0.15) is 18.9 Å². The third kappa shape index (κ3) is 2.02. The zero-order chi connectivity index (χ0) is 9.80. The highest BCUT2D eigenvalue weighted by Crippen LogP contribution is 2.24. The van der Waals surface area contributed by atoms with Crippen molar-refractivity contribution in [2.75, 3.05) is 0 Å². The van der Waals surface area contributed by atoms with Crippen molar-refractivity contribution in [1.82, 2.24) is 4.98 Å². The Morgan fingerprint density at radius 2 is 2.29 bits per heavy atom. The van der Waals surface area contributed by atoms with Gasteiger partial charge in [0.05, 0.1) is 0 Å². The second-order valence-corrected chi connectivity index (χ2v) is 4.26. The summed E-state index contributed by atoms with van der Waals surface area (Å²) in [7, 11) is 0. The van der Waals surface area contributed by atoms with Gasteiger partial charge < -0.3 is 0 Å². The van der Waals surface area contributed by atoms with Crippen LogP contribution in [0.3, 0.4) is 0 Å². The molecule has 2 rings (SSSR count). The molecule has 0 unspecified atom stereocenters. The number of hydrogen-bond acceptors (Lipinski definition) is 2. The number of pyridine rings is 1. The smallest absolute Gasteiger partial charge is 0.0358 e. The molecule has 0 N–H and O–H groups in total. The molecule has 0 aliphatic carbocycles. The highest BCUT2D eigenvalue weighted by molar-refractivity contribution is 7.13. The maximum absolute atomic E-state index is 4.27. The van der Waals surface area contributed by atoms with Crippen LogP contribution in [0, 0.1) is 0 Å². The van der Waals surface area contributed by atoms with Gasteiger partial charge in [-0.25, -0.2) is 0 Å². The molecule has 0 atom stereocenters. The molecule has 0 saturated heterocycles. The summed E-state index contributed by atoms with van der Waals surface area (Å²) in [5.41, 5.74) is 2.57. The van der Waals surface area contributed by atoms with Gasteiger partial charge in [-0.1, -0.05) is 19.4 Å². The Bertz CT molecular complexity index is 392. The third-order valence-corrected chi connectivity index (χ3v) is 3.06. The Kier molecular flexibility index (Phi) is 2.94. The van der Waals surface area contributed by atoms with E-state index in [1.807, 2.05) is 12.4 Å². The second kappa shape index (κ2) is 4.38. The molecule has 72 valence electrons. The SMILES string of the molecule is CCCc1cncc(-c2cccs2)c1. The summed E-state index contributed by atoms with van der Waals surface area (Å²) in [5, 5.41) is 2.10. The lowest BCUT2D eigenvalue weighted by molar-refractivity contribution is 0.914. The van der Waals surface area contributed by atoms with Gasteiger partial charge in [0, 0.05) is 22.8 Å². The molecule has 0 spiro atoms. The van der Waals surface area contributed by atoms with Gasteiger partial charge in [0.15, 0.2) is 0 Å². The molecule has 0 bridgehead atoms. The molecule has 2 heterocycles. The van der Waals surface area contributed by atoms with Gasteiger partial charge in [-0.05, 0) is 29.5 Å². The van der Waals surface area contributed by atoms with Crippen LogP contribution in [0.4, 0.5) is 0 Å². The van der Waals surface area contributed by atoms with E-state index in [4.69, 9.17) is 0 Å². The van der Waals surface area contributed by atoms with E-state index in [-0.39, 0.29) is 0 Å². The van der Waals surface area contributed by atoms with E-state index in [1.54, 1.807) is 11.3 Å². The van der Waals surface area contributed by atoms with E-state index in [0.29, 0.717) is 0 Å². The number of rotatable bonds is 3. The molecular weight excluding hydrogens is 190 g/mol. The largest absolute Gasteiger partial charge is 0.264 e. The number of aryl methyl sites for hydroxylation is 1. The summed E-state index contributed by atoms with van der Waals surface area (Å²) in [6, 6.07) is 6.45. The van der Waals surface area contributed by atoms with Crippen molar-refractivity contribution in [3.05, 3.63) is 41.5 Å². The molecule has 0 amide bonds. The van der Waals surface area contributed by atoms with Crippen molar-refractivity contribution in [1.29, 1.82) is 0 Å². The number of nitrogens with zero attached hydrogens (tertiary/aromatic N) is 1. The van der Waals surface area contributed by atoms with Gasteiger partial charge in [-0.2, -0.15) is 0 Å². The first-order valence-electron chi connectivity index (χ1n) is 4.88. The monoisotopic (exact) mass is 203 g/mol. The number of thiophene rings is 1. The molecule has 0 aliphatic heterocycles. The Morgan fingerprint density at radius 3 is 3.00 bits per heavy atom. The predicted molar refractivity (Wildman–Crippen MR) is 61.5 cm³/mol. The molecule has 1 nitrogen and oxygen atoms in total. The van der Waals surface area contributed by atoms with E-state index in [9.17, 15) is 0 Å². The van der Waals surface area contributed by atoms with Crippen LogP contribution in [0.2, 0.25) is 0 Å². The third-order valence-electron chi connectivity index (χ3n) is 2.14. The molecule has 14 heavy (non-hydrogen) atoms. The summed E-state index contributed by atoms with van der Waals surface area (Å²) in [6.07, 6.45) is 6.19. The Hall–Kier alpha value is -1.15. The topological polar surface area (TPSA) is 12.9 Å². The van der Waals surface area contributed by atoms with E-state index in [1.165, 1.54) is 22.4 Å². The molecule has 2 aromatic heterocycles. The first-order chi connectivity index (χ1) is 6.90. The Morgan fingerprint density at radius 1 is 1.36 bits per heavy atom. The molecule has 0 aromatic carbocycles. The van der Waals surface area contributed by atoms with Crippen molar-refractivity contribution in [3.8, 4) is 10.4 Å². The maximum atomic E-state index is 4.27. The summed E-state index contributed by atoms with van der Waals surface area (Å²) < 4.78 is 0. The van der Waals surface area contributed by atoms with Gasteiger partial charge in [0.1, 0.15) is 0 Å². The van der Waals surface area contributed by atoms with Crippen LogP contribution in [0.25, 0.3) is 10.4 Å². The van der Waals surface area contributed by atoms with Crippen LogP contribution in [0.15, 0.2) is 36.0 Å². The highest BCUT2D eigenvalue weighted by atomic mass is 32.1. The fourth-order valence-electron chi connectivity index (χ4n) is 1.49. The highest BCUT2D eigenvalue weighted by Gasteiger charge is 1.99. The zero-order valence-corrected chi connectivity index (χ0v) is 9.05. The van der Waals surface area contributed by atoms with Gasteiger partial charge in [-0.3, -0.25) is 4.98 Å². The molecular formula is C12H13NS. The molecule has 0 aliphatic rings. The van der Waals surface area contributed by atoms with Gasteiger partial charge >= 0.3 is 0 Å². The average Bonchev–Trinajstić information content (AvgIpc) is 2.71. The Labute approximate surface area is 88.4 Å².